The van der Waals surface area contributed by atoms with Crippen LogP contribution in [0.1, 0.15) is 5.56 Å². The van der Waals surface area contributed by atoms with Gasteiger partial charge in [-0.3, -0.25) is 4.90 Å². The largest absolute Gasteiger partial charge is 0.361 e. The third-order valence-electron chi connectivity index (χ3n) is 4.29. The average molecular weight is 391 g/mol. The number of benzene rings is 1. The van der Waals surface area contributed by atoms with Crippen LogP contribution in [0.15, 0.2) is 36.7 Å². The third-order valence-corrected chi connectivity index (χ3v) is 4.85. The summed E-state index contributed by atoms with van der Waals surface area (Å²) in [6, 6.07) is 7.71. The fourth-order valence-electron chi connectivity index (χ4n) is 2.84. The van der Waals surface area contributed by atoms with Crippen molar-refractivity contribution in [2.24, 2.45) is 0 Å². The molecule has 0 radical (unpaired) electrons. The fourth-order valence-corrected chi connectivity index (χ4v) is 3.34. The zero-order valence-corrected chi connectivity index (χ0v) is 16.4. The Balaban J connectivity index is 1.37. The molecule has 1 aromatic carbocycles. The third kappa shape index (κ3) is 5.27. The highest BCUT2D eigenvalue weighted by atomic mass is 35.5. The first kappa shape index (κ1) is 18.8. The highest BCUT2D eigenvalue weighted by molar-refractivity contribution is 7.80. The summed E-state index contributed by atoms with van der Waals surface area (Å²) in [5, 5.41) is 7.66. The second kappa shape index (κ2) is 9.12. The van der Waals surface area contributed by atoms with Crippen LogP contribution in [0, 0.1) is 6.92 Å². The summed E-state index contributed by atoms with van der Waals surface area (Å²) in [6.07, 6.45) is 3.57. The van der Waals surface area contributed by atoms with Crippen LogP contribution in [0.25, 0.3) is 0 Å². The summed E-state index contributed by atoms with van der Waals surface area (Å²) in [4.78, 5) is 13.3. The van der Waals surface area contributed by atoms with Crippen LogP contribution in [0.4, 0.5) is 11.6 Å². The molecule has 26 heavy (non-hydrogen) atoms. The Morgan fingerprint density at radius 2 is 1.92 bits per heavy atom. The molecule has 3 rings (SSSR count). The van der Waals surface area contributed by atoms with Crippen LogP contribution in [0.5, 0.6) is 0 Å². The Hall–Kier alpha value is -1.96. The normalized spacial score (nSPS) is 14.9. The van der Waals surface area contributed by atoms with Gasteiger partial charge in [-0.25, -0.2) is 9.97 Å². The van der Waals surface area contributed by atoms with Gasteiger partial charge in [0.15, 0.2) is 5.11 Å². The summed E-state index contributed by atoms with van der Waals surface area (Å²) < 4.78 is 0. The Morgan fingerprint density at radius 1 is 1.19 bits per heavy atom. The molecular formula is C18H23ClN6S. The molecule has 1 aliphatic rings. The number of hydrogen-bond acceptors (Lipinski definition) is 5. The number of halogens is 1. The molecule has 1 aliphatic heterocycles. The van der Waals surface area contributed by atoms with Crippen molar-refractivity contribution in [3.8, 4) is 0 Å². The van der Waals surface area contributed by atoms with E-state index in [0.717, 1.165) is 56.5 Å². The van der Waals surface area contributed by atoms with Crippen molar-refractivity contribution in [3.63, 3.8) is 0 Å². The van der Waals surface area contributed by atoms with Crippen LogP contribution >= 0.6 is 23.8 Å². The zero-order valence-electron chi connectivity index (χ0n) is 14.8. The SMILES string of the molecule is Cc1ccc(NC(=S)NCCN2CCN(c3ncccn3)CC2)c(Cl)c1. The van der Waals surface area contributed by atoms with E-state index in [4.69, 9.17) is 23.8 Å². The van der Waals surface area contributed by atoms with E-state index in [1.807, 2.05) is 31.2 Å². The van der Waals surface area contributed by atoms with Gasteiger partial charge in [0.25, 0.3) is 0 Å². The van der Waals surface area contributed by atoms with Crippen LogP contribution in [0.3, 0.4) is 0 Å². The van der Waals surface area contributed by atoms with Crippen LogP contribution in [0.2, 0.25) is 5.02 Å². The predicted molar refractivity (Wildman–Crippen MR) is 111 cm³/mol. The lowest BCUT2D eigenvalue weighted by Crippen LogP contribution is -2.49. The number of hydrogen-bond donors (Lipinski definition) is 2. The summed E-state index contributed by atoms with van der Waals surface area (Å²) in [7, 11) is 0. The Labute approximate surface area is 164 Å². The second-order valence-electron chi connectivity index (χ2n) is 6.24. The lowest BCUT2D eigenvalue weighted by atomic mass is 10.2. The number of rotatable bonds is 5. The minimum Gasteiger partial charge on any atom is -0.361 e. The zero-order chi connectivity index (χ0) is 18.4. The maximum Gasteiger partial charge on any atom is 0.225 e. The topological polar surface area (TPSA) is 56.3 Å². The van der Waals surface area contributed by atoms with Crippen molar-refractivity contribution >= 4 is 40.6 Å². The number of anilines is 2. The molecule has 8 heteroatoms. The minimum atomic E-state index is 0.590. The van der Waals surface area contributed by atoms with E-state index in [2.05, 4.69) is 30.4 Å². The van der Waals surface area contributed by atoms with Crippen LogP contribution in [-0.2, 0) is 0 Å². The Morgan fingerprint density at radius 3 is 2.62 bits per heavy atom. The number of nitrogens with one attached hydrogen (secondary N) is 2. The van der Waals surface area contributed by atoms with Gasteiger partial charge in [0, 0.05) is 51.7 Å². The highest BCUT2D eigenvalue weighted by Crippen LogP contribution is 2.22. The number of piperazine rings is 1. The van der Waals surface area contributed by atoms with E-state index >= 15 is 0 Å². The van der Waals surface area contributed by atoms with Gasteiger partial charge in [-0.1, -0.05) is 17.7 Å². The van der Waals surface area contributed by atoms with Crippen molar-refractivity contribution < 1.29 is 0 Å². The molecule has 0 amide bonds. The molecule has 138 valence electrons. The summed E-state index contributed by atoms with van der Waals surface area (Å²) in [5.41, 5.74) is 1.95. The first-order chi connectivity index (χ1) is 12.6. The van der Waals surface area contributed by atoms with Gasteiger partial charge in [-0.2, -0.15) is 0 Å². The monoisotopic (exact) mass is 390 g/mol. The van der Waals surface area contributed by atoms with Crippen molar-refractivity contribution in [2.75, 3.05) is 49.5 Å². The molecule has 0 saturated carbocycles. The average Bonchev–Trinajstić information content (AvgIpc) is 2.65. The summed E-state index contributed by atoms with van der Waals surface area (Å²) in [5.74, 6) is 0.811. The molecule has 2 N–H and O–H groups in total. The maximum absolute atomic E-state index is 6.22. The summed E-state index contributed by atoms with van der Waals surface area (Å²) in [6.45, 7) is 7.59. The van der Waals surface area contributed by atoms with E-state index < -0.39 is 0 Å². The number of aromatic nitrogens is 2. The first-order valence-corrected chi connectivity index (χ1v) is 9.46. The molecule has 1 fully saturated rings. The van der Waals surface area contributed by atoms with Crippen molar-refractivity contribution in [1.29, 1.82) is 0 Å². The van der Waals surface area contributed by atoms with Gasteiger partial charge in [-0.15, -0.1) is 0 Å². The van der Waals surface area contributed by atoms with Crippen molar-refractivity contribution in [2.45, 2.75) is 6.92 Å². The first-order valence-electron chi connectivity index (χ1n) is 8.67. The molecular weight excluding hydrogens is 368 g/mol. The van der Waals surface area contributed by atoms with E-state index in [1.165, 1.54) is 0 Å². The lowest BCUT2D eigenvalue weighted by Gasteiger charge is -2.34. The van der Waals surface area contributed by atoms with Gasteiger partial charge in [0.05, 0.1) is 10.7 Å². The molecule has 2 aromatic rings. The number of nitrogens with zero attached hydrogens (tertiary/aromatic N) is 4. The van der Waals surface area contributed by atoms with Gasteiger partial charge in [0.2, 0.25) is 5.95 Å². The quantitative estimate of drug-likeness (QED) is 0.761. The molecule has 6 nitrogen and oxygen atoms in total. The van der Waals surface area contributed by atoms with E-state index in [9.17, 15) is 0 Å². The van der Waals surface area contributed by atoms with Crippen LogP contribution in [-0.4, -0.2) is 59.2 Å². The van der Waals surface area contributed by atoms with E-state index in [-0.39, 0.29) is 0 Å². The smallest absolute Gasteiger partial charge is 0.225 e. The molecule has 1 saturated heterocycles. The molecule has 2 heterocycles. The highest BCUT2D eigenvalue weighted by Gasteiger charge is 2.18. The number of thiocarbonyl (C=S) groups is 1. The van der Waals surface area contributed by atoms with Crippen molar-refractivity contribution in [3.05, 3.63) is 47.2 Å². The Bertz CT molecular complexity index is 734. The van der Waals surface area contributed by atoms with Crippen molar-refractivity contribution in [1.82, 2.24) is 20.2 Å². The molecule has 1 aromatic heterocycles. The standard InChI is InChI=1S/C18H23ClN6S/c1-14-3-4-16(15(19)13-14)23-18(26)22-7-8-24-9-11-25(12-10-24)17-20-5-2-6-21-17/h2-6,13H,7-12H2,1H3,(H2,22,23,26). The Kier molecular flexibility index (Phi) is 6.60. The number of aryl methyl sites for hydroxylation is 1. The maximum atomic E-state index is 6.22. The van der Waals surface area contributed by atoms with E-state index in [1.54, 1.807) is 12.4 Å². The molecule has 0 bridgehead atoms. The molecule has 0 unspecified atom stereocenters. The van der Waals surface area contributed by atoms with Gasteiger partial charge >= 0.3 is 0 Å². The van der Waals surface area contributed by atoms with Gasteiger partial charge in [0.1, 0.15) is 0 Å². The second-order valence-corrected chi connectivity index (χ2v) is 7.06. The minimum absolute atomic E-state index is 0.590. The van der Waals surface area contributed by atoms with Crippen LogP contribution < -0.4 is 15.5 Å². The fraction of sp³-hybridized carbons (Fsp3) is 0.389. The van der Waals surface area contributed by atoms with E-state index in [0.29, 0.717) is 10.1 Å². The molecule has 0 atom stereocenters. The predicted octanol–water partition coefficient (Wildman–Crippen LogP) is 2.55. The van der Waals surface area contributed by atoms with Gasteiger partial charge in [-0.05, 0) is 42.9 Å². The molecule has 0 aliphatic carbocycles. The van der Waals surface area contributed by atoms with Gasteiger partial charge < -0.3 is 15.5 Å². The summed E-state index contributed by atoms with van der Waals surface area (Å²) >= 11 is 11.6. The lowest BCUT2D eigenvalue weighted by molar-refractivity contribution is 0.260. The molecule has 0 spiro atoms.